The number of benzene rings is 2. The highest BCUT2D eigenvalue weighted by atomic mass is 16.5. The van der Waals surface area contributed by atoms with Gasteiger partial charge in [-0.15, -0.1) is 0 Å². The lowest BCUT2D eigenvalue weighted by molar-refractivity contribution is 0.374. The molecule has 0 bridgehead atoms. The van der Waals surface area contributed by atoms with Gasteiger partial charge in [-0.2, -0.15) is 0 Å². The van der Waals surface area contributed by atoms with E-state index < -0.39 is 0 Å². The second-order valence-corrected chi connectivity index (χ2v) is 4.54. The fourth-order valence-corrected chi connectivity index (χ4v) is 2.17. The summed E-state index contributed by atoms with van der Waals surface area (Å²) < 4.78 is 10.4. The molecule has 0 heterocycles. The molecule has 0 spiro atoms. The minimum absolute atomic E-state index is 0.168. The van der Waals surface area contributed by atoms with Gasteiger partial charge in [-0.05, 0) is 54.8 Å². The molecule has 19 heavy (non-hydrogen) atoms. The molecule has 2 aromatic rings. The highest BCUT2D eigenvalue weighted by Gasteiger charge is 2.13. The average Bonchev–Trinajstić information content (AvgIpc) is 2.41. The van der Waals surface area contributed by atoms with Gasteiger partial charge in [0, 0.05) is 5.56 Å². The molecule has 100 valence electrons. The zero-order valence-electron chi connectivity index (χ0n) is 11.7. The Hall–Kier alpha value is -2.16. The van der Waals surface area contributed by atoms with Crippen LogP contribution in [0.15, 0.2) is 30.3 Å². The lowest BCUT2D eigenvalue weighted by Gasteiger charge is -2.13. The van der Waals surface area contributed by atoms with Crippen molar-refractivity contribution in [1.29, 1.82) is 0 Å². The molecule has 0 radical (unpaired) electrons. The lowest BCUT2D eigenvalue weighted by Crippen LogP contribution is -1.91. The standard InChI is InChI=1S/C16H18O3/c1-10-7-14(16(17)15(8-10)19-4)13-6-5-12(18-3)9-11(13)2/h5-9,17H,1-4H3. The van der Waals surface area contributed by atoms with Crippen LogP contribution < -0.4 is 9.47 Å². The summed E-state index contributed by atoms with van der Waals surface area (Å²) in [6, 6.07) is 9.55. The van der Waals surface area contributed by atoms with E-state index in [9.17, 15) is 5.11 Å². The van der Waals surface area contributed by atoms with Gasteiger partial charge in [0.25, 0.3) is 0 Å². The highest BCUT2D eigenvalue weighted by molar-refractivity contribution is 5.77. The van der Waals surface area contributed by atoms with E-state index in [-0.39, 0.29) is 5.75 Å². The first-order chi connectivity index (χ1) is 9.06. The van der Waals surface area contributed by atoms with Crippen molar-refractivity contribution in [3.8, 4) is 28.4 Å². The van der Waals surface area contributed by atoms with Crippen molar-refractivity contribution in [2.75, 3.05) is 14.2 Å². The summed E-state index contributed by atoms with van der Waals surface area (Å²) in [5, 5.41) is 10.3. The Morgan fingerprint density at radius 2 is 1.63 bits per heavy atom. The van der Waals surface area contributed by atoms with Gasteiger partial charge in [0.15, 0.2) is 11.5 Å². The maximum atomic E-state index is 10.3. The molecule has 0 saturated heterocycles. The van der Waals surface area contributed by atoms with E-state index in [4.69, 9.17) is 9.47 Å². The predicted molar refractivity (Wildman–Crippen MR) is 76.1 cm³/mol. The molecule has 0 amide bonds. The van der Waals surface area contributed by atoms with Crippen LogP contribution in [0.2, 0.25) is 0 Å². The molecule has 3 heteroatoms. The number of phenolic OH excluding ortho intramolecular Hbond substituents is 1. The van der Waals surface area contributed by atoms with Gasteiger partial charge in [0.1, 0.15) is 5.75 Å². The summed E-state index contributed by atoms with van der Waals surface area (Å²) in [6.07, 6.45) is 0. The first kappa shape index (κ1) is 13.3. The van der Waals surface area contributed by atoms with Crippen molar-refractivity contribution in [1.82, 2.24) is 0 Å². The molecule has 0 atom stereocenters. The monoisotopic (exact) mass is 258 g/mol. The summed E-state index contributed by atoms with van der Waals surface area (Å²) >= 11 is 0. The van der Waals surface area contributed by atoms with E-state index >= 15 is 0 Å². The lowest BCUT2D eigenvalue weighted by atomic mass is 9.97. The Kier molecular flexibility index (Phi) is 3.65. The van der Waals surface area contributed by atoms with E-state index in [0.717, 1.165) is 28.0 Å². The second-order valence-electron chi connectivity index (χ2n) is 4.54. The van der Waals surface area contributed by atoms with Crippen LogP contribution in [0.5, 0.6) is 17.2 Å². The molecule has 2 aromatic carbocycles. The second kappa shape index (κ2) is 5.22. The molecule has 0 fully saturated rings. The van der Waals surface area contributed by atoms with Crippen LogP contribution in [0.4, 0.5) is 0 Å². The number of ether oxygens (including phenoxy) is 2. The van der Waals surface area contributed by atoms with E-state index in [2.05, 4.69) is 0 Å². The Labute approximate surface area is 113 Å². The van der Waals surface area contributed by atoms with Crippen LogP contribution in [-0.2, 0) is 0 Å². The topological polar surface area (TPSA) is 38.7 Å². The van der Waals surface area contributed by atoms with Gasteiger partial charge in [-0.25, -0.2) is 0 Å². The van der Waals surface area contributed by atoms with Crippen LogP contribution in [0.1, 0.15) is 11.1 Å². The van der Waals surface area contributed by atoms with Crippen LogP contribution in [-0.4, -0.2) is 19.3 Å². The minimum atomic E-state index is 0.168. The average molecular weight is 258 g/mol. The Morgan fingerprint density at radius 3 is 2.21 bits per heavy atom. The van der Waals surface area contributed by atoms with Crippen LogP contribution in [0, 0.1) is 13.8 Å². The van der Waals surface area contributed by atoms with Crippen LogP contribution >= 0.6 is 0 Å². The summed E-state index contributed by atoms with van der Waals surface area (Å²) in [6.45, 7) is 3.97. The van der Waals surface area contributed by atoms with Gasteiger partial charge in [-0.3, -0.25) is 0 Å². The Balaban J connectivity index is 2.61. The number of phenols is 1. The summed E-state index contributed by atoms with van der Waals surface area (Å²) in [5.74, 6) is 1.46. The number of hydrogen-bond donors (Lipinski definition) is 1. The number of methoxy groups -OCH3 is 2. The Bertz CT molecular complexity index is 603. The SMILES string of the molecule is COc1ccc(-c2cc(C)cc(OC)c2O)c(C)c1. The maximum Gasteiger partial charge on any atom is 0.165 e. The minimum Gasteiger partial charge on any atom is -0.504 e. The number of hydrogen-bond acceptors (Lipinski definition) is 3. The zero-order chi connectivity index (χ0) is 14.0. The predicted octanol–water partition coefficient (Wildman–Crippen LogP) is 3.69. The molecular formula is C16H18O3. The van der Waals surface area contributed by atoms with Gasteiger partial charge >= 0.3 is 0 Å². The zero-order valence-corrected chi connectivity index (χ0v) is 11.7. The van der Waals surface area contributed by atoms with Crippen LogP contribution in [0.25, 0.3) is 11.1 Å². The summed E-state index contributed by atoms with van der Waals surface area (Å²) in [7, 11) is 3.20. The number of aryl methyl sites for hydroxylation is 2. The third-order valence-electron chi connectivity index (χ3n) is 3.16. The molecule has 0 unspecified atom stereocenters. The normalized spacial score (nSPS) is 10.3. The van der Waals surface area contributed by atoms with Crippen molar-refractivity contribution >= 4 is 0 Å². The first-order valence-electron chi connectivity index (χ1n) is 6.09. The summed E-state index contributed by atoms with van der Waals surface area (Å²) in [5.41, 5.74) is 3.83. The Morgan fingerprint density at radius 1 is 0.895 bits per heavy atom. The molecule has 0 aliphatic heterocycles. The fraction of sp³-hybridized carbons (Fsp3) is 0.250. The van der Waals surface area contributed by atoms with Crippen molar-refractivity contribution in [2.45, 2.75) is 13.8 Å². The largest absolute Gasteiger partial charge is 0.504 e. The smallest absolute Gasteiger partial charge is 0.165 e. The van der Waals surface area contributed by atoms with E-state index in [1.54, 1.807) is 14.2 Å². The van der Waals surface area contributed by atoms with E-state index in [0.29, 0.717) is 5.75 Å². The molecule has 3 nitrogen and oxygen atoms in total. The van der Waals surface area contributed by atoms with Crippen molar-refractivity contribution in [3.05, 3.63) is 41.5 Å². The molecule has 0 saturated carbocycles. The van der Waals surface area contributed by atoms with E-state index in [1.807, 2.05) is 44.2 Å². The van der Waals surface area contributed by atoms with Crippen molar-refractivity contribution in [2.24, 2.45) is 0 Å². The molecule has 2 rings (SSSR count). The summed E-state index contributed by atoms with van der Waals surface area (Å²) in [4.78, 5) is 0. The molecule has 0 aromatic heterocycles. The van der Waals surface area contributed by atoms with Gasteiger partial charge in [-0.1, -0.05) is 6.07 Å². The van der Waals surface area contributed by atoms with E-state index in [1.165, 1.54) is 0 Å². The maximum absolute atomic E-state index is 10.3. The highest BCUT2D eigenvalue weighted by Crippen LogP contribution is 2.40. The number of rotatable bonds is 3. The van der Waals surface area contributed by atoms with Gasteiger partial charge in [0.05, 0.1) is 14.2 Å². The van der Waals surface area contributed by atoms with Crippen molar-refractivity contribution in [3.63, 3.8) is 0 Å². The first-order valence-corrected chi connectivity index (χ1v) is 6.09. The molecular weight excluding hydrogens is 240 g/mol. The number of aromatic hydroxyl groups is 1. The van der Waals surface area contributed by atoms with Crippen molar-refractivity contribution < 1.29 is 14.6 Å². The molecule has 1 N–H and O–H groups in total. The quantitative estimate of drug-likeness (QED) is 0.912. The molecule has 0 aliphatic rings. The molecule has 0 aliphatic carbocycles. The van der Waals surface area contributed by atoms with Crippen LogP contribution in [0.3, 0.4) is 0 Å². The fourth-order valence-electron chi connectivity index (χ4n) is 2.17. The van der Waals surface area contributed by atoms with Gasteiger partial charge < -0.3 is 14.6 Å². The van der Waals surface area contributed by atoms with Gasteiger partial charge in [0.2, 0.25) is 0 Å². The third-order valence-corrected chi connectivity index (χ3v) is 3.16. The third kappa shape index (κ3) is 2.50.